The molecule has 2 heteroatoms. The molecule has 3 aromatic rings. The van der Waals surface area contributed by atoms with Crippen LogP contribution in [-0.2, 0) is 25.9 Å². The van der Waals surface area contributed by atoms with Crippen LogP contribution in [0.25, 0.3) is 0 Å². The van der Waals surface area contributed by atoms with E-state index in [0.717, 1.165) is 25.9 Å². The zero-order chi connectivity index (χ0) is 36.0. The molecule has 2 nitrogen and oxygen atoms in total. The zero-order valence-corrected chi connectivity index (χ0v) is 34.0. The Kier molecular flexibility index (Phi) is 24.6. The summed E-state index contributed by atoms with van der Waals surface area (Å²) in [6.45, 7) is 9.35. The number of hydrogen-bond acceptors (Lipinski definition) is 0. The largest absolute Gasteiger partial charge is 0.261 e. The summed E-state index contributed by atoms with van der Waals surface area (Å²) in [5, 5.41) is 0. The number of hydrogen-bond donors (Lipinski definition) is 0. The zero-order valence-electron chi connectivity index (χ0n) is 34.0. The summed E-state index contributed by atoms with van der Waals surface area (Å²) in [5.74, 6) is 2.04. The van der Waals surface area contributed by atoms with Crippen molar-refractivity contribution in [2.24, 2.45) is 0 Å². The Balaban J connectivity index is 1.52. The normalized spacial score (nSPS) is 12.1. The Bertz CT molecular complexity index is 1200. The molecule has 0 spiro atoms. The van der Waals surface area contributed by atoms with Crippen LogP contribution < -0.4 is 4.57 Å². The van der Waals surface area contributed by atoms with Crippen LogP contribution in [0, 0.1) is 0 Å². The highest BCUT2D eigenvalue weighted by Crippen LogP contribution is 2.23. The molecule has 3 rings (SSSR count). The fourth-order valence-corrected chi connectivity index (χ4v) is 8.05. The van der Waals surface area contributed by atoms with Crippen LogP contribution in [-0.4, -0.2) is 4.57 Å². The second-order valence-electron chi connectivity index (χ2n) is 16.0. The maximum absolute atomic E-state index is 2.76. The van der Waals surface area contributed by atoms with E-state index in [0.29, 0.717) is 5.92 Å². The summed E-state index contributed by atoms with van der Waals surface area (Å²) >= 11 is 0. The van der Waals surface area contributed by atoms with Gasteiger partial charge in [0.15, 0.2) is 0 Å². The average molecular weight is 698 g/mol. The van der Waals surface area contributed by atoms with Crippen molar-refractivity contribution in [3.63, 3.8) is 0 Å². The van der Waals surface area contributed by atoms with Crippen molar-refractivity contribution in [1.29, 1.82) is 0 Å². The molecule has 1 atom stereocenters. The van der Waals surface area contributed by atoms with Crippen LogP contribution in [0.3, 0.4) is 0 Å². The van der Waals surface area contributed by atoms with E-state index < -0.39 is 0 Å². The number of imidazole rings is 1. The van der Waals surface area contributed by atoms with Crippen molar-refractivity contribution in [1.82, 2.24) is 4.57 Å². The first-order valence-corrected chi connectivity index (χ1v) is 22.4. The summed E-state index contributed by atoms with van der Waals surface area (Å²) in [4.78, 5) is 0. The number of nitrogens with zero attached hydrogens (tertiary/aromatic N) is 2. The van der Waals surface area contributed by atoms with Crippen LogP contribution in [0.1, 0.15) is 216 Å². The molecule has 51 heavy (non-hydrogen) atoms. The molecule has 0 amide bonds. The van der Waals surface area contributed by atoms with E-state index in [9.17, 15) is 0 Å². The molecular weight excluding hydrogens is 617 g/mol. The second-order valence-corrected chi connectivity index (χ2v) is 16.0. The third kappa shape index (κ3) is 19.3. The molecule has 0 fully saturated rings. The third-order valence-corrected chi connectivity index (χ3v) is 11.4. The van der Waals surface area contributed by atoms with E-state index >= 15 is 0 Å². The molecule has 0 aliphatic heterocycles. The Labute approximate surface area is 317 Å². The number of unbranched alkanes of at least 4 members (excludes halogenated alkanes) is 24. The predicted octanol–water partition coefficient (Wildman–Crippen LogP) is 14.9. The number of benzene rings is 2. The maximum atomic E-state index is 2.76. The quantitative estimate of drug-likeness (QED) is 0.0442. The molecule has 1 aromatic heterocycles. The fraction of sp³-hybridized carbons (Fsp3) is 0.694. The summed E-state index contributed by atoms with van der Waals surface area (Å²) < 4.78 is 5.42. The van der Waals surface area contributed by atoms with E-state index in [4.69, 9.17) is 0 Å². The van der Waals surface area contributed by atoms with Crippen LogP contribution in [0.15, 0.2) is 66.9 Å². The maximum Gasteiger partial charge on any atom is 0.261 e. The van der Waals surface area contributed by atoms with Crippen LogP contribution in [0.2, 0.25) is 0 Å². The molecule has 0 saturated carbocycles. The van der Waals surface area contributed by atoms with E-state index in [-0.39, 0.29) is 0 Å². The first-order valence-electron chi connectivity index (χ1n) is 22.4. The predicted molar refractivity (Wildman–Crippen MR) is 224 cm³/mol. The lowest BCUT2D eigenvalue weighted by molar-refractivity contribution is -0.704. The first kappa shape index (κ1) is 43.1. The molecular formula is C49H81N2+. The minimum absolute atomic E-state index is 0.515. The van der Waals surface area contributed by atoms with E-state index in [1.165, 1.54) is 190 Å². The van der Waals surface area contributed by atoms with Crippen LogP contribution >= 0.6 is 0 Å². The smallest absolute Gasteiger partial charge is 0.234 e. The molecule has 2 aromatic carbocycles. The van der Waals surface area contributed by atoms with Gasteiger partial charge in [-0.2, -0.15) is 0 Å². The highest BCUT2D eigenvalue weighted by Gasteiger charge is 2.25. The van der Waals surface area contributed by atoms with Crippen LogP contribution in [0.5, 0.6) is 0 Å². The molecule has 0 radical (unpaired) electrons. The van der Waals surface area contributed by atoms with E-state index in [1.807, 2.05) is 0 Å². The van der Waals surface area contributed by atoms with E-state index in [1.54, 1.807) is 0 Å². The van der Waals surface area contributed by atoms with Crippen molar-refractivity contribution in [3.05, 3.63) is 89.5 Å². The van der Waals surface area contributed by atoms with Gasteiger partial charge in [-0.1, -0.05) is 223 Å². The van der Waals surface area contributed by atoms with Gasteiger partial charge in [0, 0.05) is 6.42 Å². The van der Waals surface area contributed by atoms with Gasteiger partial charge in [-0.15, -0.1) is 0 Å². The van der Waals surface area contributed by atoms with Crippen LogP contribution in [0.4, 0.5) is 0 Å². The van der Waals surface area contributed by atoms with Crippen molar-refractivity contribution in [2.45, 2.75) is 220 Å². The topological polar surface area (TPSA) is 8.81 Å². The van der Waals surface area contributed by atoms with Crippen molar-refractivity contribution >= 4 is 0 Å². The molecule has 0 aliphatic rings. The van der Waals surface area contributed by atoms with Gasteiger partial charge in [-0.05, 0) is 42.7 Å². The molecule has 1 heterocycles. The standard InChI is InChI=1S/C49H81N2/c1-4-6-8-10-12-14-16-17-18-19-21-22-24-26-34-40-50-44-48(42-45(3)47-38-32-29-33-39-47)51(49(50)43-46-36-30-28-31-37-46)41-35-27-25-23-20-15-13-11-9-7-5-2/h28-33,36-39,44-45H,4-27,34-35,40-43H2,1-3H3/q+1. The van der Waals surface area contributed by atoms with Crippen molar-refractivity contribution in [3.8, 4) is 0 Å². The van der Waals surface area contributed by atoms with Crippen molar-refractivity contribution < 1.29 is 4.57 Å². The average Bonchev–Trinajstić information content (AvgIpc) is 3.47. The first-order chi connectivity index (χ1) is 25.2. The summed E-state index contributed by atoms with van der Waals surface area (Å²) in [5.41, 5.74) is 4.42. The Morgan fingerprint density at radius 3 is 1.37 bits per heavy atom. The summed E-state index contributed by atoms with van der Waals surface area (Å²) in [6.07, 6.45) is 41.4. The number of aromatic nitrogens is 2. The molecule has 0 saturated heterocycles. The van der Waals surface area contributed by atoms with Gasteiger partial charge in [0.25, 0.3) is 5.82 Å². The minimum atomic E-state index is 0.515. The van der Waals surface area contributed by atoms with Gasteiger partial charge >= 0.3 is 0 Å². The lowest BCUT2D eigenvalue weighted by atomic mass is 9.96. The molecule has 1 unspecified atom stereocenters. The lowest BCUT2D eigenvalue weighted by Gasteiger charge is -2.12. The lowest BCUT2D eigenvalue weighted by Crippen LogP contribution is -2.37. The highest BCUT2D eigenvalue weighted by atomic mass is 15.2. The highest BCUT2D eigenvalue weighted by molar-refractivity contribution is 5.22. The van der Waals surface area contributed by atoms with Crippen molar-refractivity contribution in [2.75, 3.05) is 0 Å². The monoisotopic (exact) mass is 698 g/mol. The fourth-order valence-electron chi connectivity index (χ4n) is 8.05. The van der Waals surface area contributed by atoms with Gasteiger partial charge in [0.2, 0.25) is 0 Å². The Hall–Kier alpha value is -2.35. The van der Waals surface area contributed by atoms with E-state index in [2.05, 4.69) is 96.8 Å². The molecule has 0 bridgehead atoms. The minimum Gasteiger partial charge on any atom is -0.234 e. The second kappa shape index (κ2) is 29.1. The molecule has 0 N–H and O–H groups in total. The SMILES string of the molecule is CCCCCCCCCCCCCCCCC[n+]1cc(CC(C)c2ccccc2)n(CCCCCCCCCCCCC)c1Cc1ccccc1. The van der Waals surface area contributed by atoms with Gasteiger partial charge in [-0.25, -0.2) is 9.13 Å². The van der Waals surface area contributed by atoms with Gasteiger partial charge in [-0.3, -0.25) is 0 Å². The Morgan fingerprint density at radius 2 is 0.902 bits per heavy atom. The summed E-state index contributed by atoms with van der Waals surface area (Å²) in [6, 6.07) is 22.4. The van der Waals surface area contributed by atoms with Gasteiger partial charge in [0.1, 0.15) is 11.9 Å². The number of aryl methyl sites for hydroxylation is 1. The third-order valence-electron chi connectivity index (χ3n) is 11.4. The Morgan fingerprint density at radius 1 is 0.490 bits per heavy atom. The molecule has 286 valence electrons. The van der Waals surface area contributed by atoms with Gasteiger partial charge in [0.05, 0.1) is 19.5 Å². The van der Waals surface area contributed by atoms with Gasteiger partial charge < -0.3 is 0 Å². The number of rotatable bonds is 33. The molecule has 0 aliphatic carbocycles. The summed E-state index contributed by atoms with van der Waals surface area (Å²) in [7, 11) is 0.